The highest BCUT2D eigenvalue weighted by Gasteiger charge is 1.90. The van der Waals surface area contributed by atoms with E-state index in [9.17, 15) is 9.59 Å². The molecule has 0 rings (SSSR count). The summed E-state index contributed by atoms with van der Waals surface area (Å²) in [6.07, 6.45) is 0. The molecular formula is C10H18O5. The highest BCUT2D eigenvalue weighted by Crippen LogP contribution is 1.81. The number of aliphatic carboxylic acids is 1. The molecule has 0 fully saturated rings. The lowest BCUT2D eigenvalue weighted by atomic mass is 10.4. The maximum Gasteiger partial charge on any atom is 0.330 e. The Hall–Kier alpha value is -1.36. The monoisotopic (exact) mass is 218 g/mol. The molecule has 0 radical (unpaired) electrons. The van der Waals surface area contributed by atoms with E-state index in [2.05, 4.69) is 11.3 Å². The maximum absolute atomic E-state index is 10.1. The standard InChI is InChI=1S/C6H12O3.C4H6O2/c1-3-8-4-5-9-6(2)7;1-3(2)4(5)6/h3-5H2,1-2H3;1H2,2H3,(H,5,6). The zero-order valence-electron chi connectivity index (χ0n) is 9.41. The largest absolute Gasteiger partial charge is 0.478 e. The van der Waals surface area contributed by atoms with Crippen molar-refractivity contribution in [3.8, 4) is 0 Å². The van der Waals surface area contributed by atoms with Crippen LogP contribution in [-0.2, 0) is 19.1 Å². The van der Waals surface area contributed by atoms with Crippen molar-refractivity contribution in [2.45, 2.75) is 20.8 Å². The van der Waals surface area contributed by atoms with Crippen molar-refractivity contribution in [2.75, 3.05) is 19.8 Å². The quantitative estimate of drug-likeness (QED) is 0.427. The molecule has 5 nitrogen and oxygen atoms in total. The van der Waals surface area contributed by atoms with Crippen molar-refractivity contribution < 1.29 is 24.2 Å². The van der Waals surface area contributed by atoms with Crippen LogP contribution in [0.25, 0.3) is 0 Å². The second-order valence-electron chi connectivity index (χ2n) is 2.62. The Morgan fingerprint density at radius 3 is 2.00 bits per heavy atom. The topological polar surface area (TPSA) is 72.8 Å². The average molecular weight is 218 g/mol. The first-order valence-corrected chi connectivity index (χ1v) is 4.51. The molecule has 0 unspecified atom stereocenters. The first-order valence-electron chi connectivity index (χ1n) is 4.51. The molecule has 0 saturated carbocycles. The Morgan fingerprint density at radius 1 is 1.27 bits per heavy atom. The van der Waals surface area contributed by atoms with Gasteiger partial charge in [0.05, 0.1) is 6.61 Å². The Morgan fingerprint density at radius 2 is 1.73 bits per heavy atom. The molecule has 0 aromatic carbocycles. The zero-order valence-corrected chi connectivity index (χ0v) is 9.41. The van der Waals surface area contributed by atoms with Crippen LogP contribution < -0.4 is 0 Å². The second-order valence-corrected chi connectivity index (χ2v) is 2.62. The van der Waals surface area contributed by atoms with Crippen LogP contribution in [0.2, 0.25) is 0 Å². The predicted molar refractivity (Wildman–Crippen MR) is 55.6 cm³/mol. The number of hydrogen-bond donors (Lipinski definition) is 1. The van der Waals surface area contributed by atoms with Crippen LogP contribution in [-0.4, -0.2) is 36.9 Å². The number of carboxylic acid groups (broad SMARTS) is 1. The third-order valence-electron chi connectivity index (χ3n) is 1.10. The van der Waals surface area contributed by atoms with E-state index < -0.39 is 5.97 Å². The number of ether oxygens (including phenoxy) is 2. The van der Waals surface area contributed by atoms with Crippen molar-refractivity contribution >= 4 is 11.9 Å². The number of esters is 1. The second kappa shape index (κ2) is 10.7. The lowest BCUT2D eigenvalue weighted by Gasteiger charge is -1.99. The van der Waals surface area contributed by atoms with Crippen LogP contribution in [0.15, 0.2) is 12.2 Å². The molecule has 0 aromatic heterocycles. The van der Waals surface area contributed by atoms with Gasteiger partial charge >= 0.3 is 11.9 Å². The van der Waals surface area contributed by atoms with Crippen molar-refractivity contribution in [3.05, 3.63) is 12.2 Å². The maximum atomic E-state index is 10.1. The average Bonchev–Trinajstić information content (AvgIpc) is 2.13. The Balaban J connectivity index is 0. The van der Waals surface area contributed by atoms with E-state index >= 15 is 0 Å². The molecular weight excluding hydrogens is 200 g/mol. The molecule has 0 aliphatic rings. The minimum atomic E-state index is -0.935. The molecule has 5 heteroatoms. The van der Waals surface area contributed by atoms with Crippen LogP contribution >= 0.6 is 0 Å². The van der Waals surface area contributed by atoms with E-state index in [1.807, 2.05) is 6.92 Å². The van der Waals surface area contributed by atoms with Gasteiger partial charge in [0.1, 0.15) is 6.61 Å². The van der Waals surface area contributed by atoms with Crippen molar-refractivity contribution in [1.29, 1.82) is 0 Å². The van der Waals surface area contributed by atoms with Crippen LogP contribution in [0.4, 0.5) is 0 Å². The summed E-state index contributed by atoms with van der Waals surface area (Å²) in [5.41, 5.74) is 0.176. The molecule has 0 heterocycles. The summed E-state index contributed by atoms with van der Waals surface area (Å²) < 4.78 is 9.49. The van der Waals surface area contributed by atoms with Crippen LogP contribution in [0.1, 0.15) is 20.8 Å². The van der Waals surface area contributed by atoms with Gasteiger partial charge in [-0.3, -0.25) is 4.79 Å². The fourth-order valence-corrected chi connectivity index (χ4v) is 0.389. The van der Waals surface area contributed by atoms with Crippen molar-refractivity contribution in [2.24, 2.45) is 0 Å². The molecule has 0 spiro atoms. The van der Waals surface area contributed by atoms with Gasteiger partial charge in [0.2, 0.25) is 0 Å². The van der Waals surface area contributed by atoms with Crippen molar-refractivity contribution in [3.63, 3.8) is 0 Å². The SMILES string of the molecule is C=C(C)C(=O)O.CCOCCOC(C)=O. The molecule has 0 aromatic rings. The number of carboxylic acids is 1. The van der Waals surface area contributed by atoms with E-state index in [-0.39, 0.29) is 11.5 Å². The summed E-state index contributed by atoms with van der Waals surface area (Å²) in [5, 5.41) is 7.89. The highest BCUT2D eigenvalue weighted by molar-refractivity contribution is 5.84. The van der Waals surface area contributed by atoms with E-state index in [4.69, 9.17) is 9.84 Å². The number of rotatable bonds is 5. The zero-order chi connectivity index (χ0) is 12.3. The van der Waals surface area contributed by atoms with Gasteiger partial charge in [0.25, 0.3) is 0 Å². The molecule has 0 amide bonds. The van der Waals surface area contributed by atoms with Crippen LogP contribution in [0.5, 0.6) is 0 Å². The van der Waals surface area contributed by atoms with Gasteiger partial charge in [0, 0.05) is 19.1 Å². The molecule has 0 saturated heterocycles. The van der Waals surface area contributed by atoms with Gasteiger partial charge in [-0.2, -0.15) is 0 Å². The van der Waals surface area contributed by atoms with Gasteiger partial charge < -0.3 is 14.6 Å². The third-order valence-corrected chi connectivity index (χ3v) is 1.10. The van der Waals surface area contributed by atoms with E-state index in [1.165, 1.54) is 13.8 Å². The van der Waals surface area contributed by atoms with E-state index in [1.54, 1.807) is 0 Å². The molecule has 0 aliphatic heterocycles. The van der Waals surface area contributed by atoms with Gasteiger partial charge in [0.15, 0.2) is 0 Å². The first-order chi connectivity index (χ1) is 6.91. The summed E-state index contributed by atoms with van der Waals surface area (Å²) in [6.45, 7) is 9.41. The van der Waals surface area contributed by atoms with Crippen LogP contribution in [0, 0.1) is 0 Å². The molecule has 15 heavy (non-hydrogen) atoms. The van der Waals surface area contributed by atoms with E-state index in [0.717, 1.165) is 0 Å². The fourth-order valence-electron chi connectivity index (χ4n) is 0.389. The number of carbonyl (C=O) groups excluding carboxylic acids is 1. The molecule has 0 aliphatic carbocycles. The number of hydrogen-bond acceptors (Lipinski definition) is 4. The Labute approximate surface area is 89.7 Å². The lowest BCUT2D eigenvalue weighted by molar-refractivity contribution is -0.142. The number of carbonyl (C=O) groups is 2. The first kappa shape index (κ1) is 16.1. The highest BCUT2D eigenvalue weighted by atomic mass is 16.6. The van der Waals surface area contributed by atoms with Gasteiger partial charge in [-0.05, 0) is 13.8 Å². The third kappa shape index (κ3) is 19.2. The molecule has 0 bridgehead atoms. The smallest absolute Gasteiger partial charge is 0.330 e. The van der Waals surface area contributed by atoms with E-state index in [0.29, 0.717) is 19.8 Å². The van der Waals surface area contributed by atoms with Gasteiger partial charge in [-0.15, -0.1) is 0 Å². The summed E-state index contributed by atoms with van der Waals surface area (Å²) in [4.78, 5) is 19.7. The van der Waals surface area contributed by atoms with Gasteiger partial charge in [-0.1, -0.05) is 6.58 Å². The molecule has 88 valence electrons. The van der Waals surface area contributed by atoms with Gasteiger partial charge in [-0.25, -0.2) is 4.79 Å². The van der Waals surface area contributed by atoms with Crippen molar-refractivity contribution in [1.82, 2.24) is 0 Å². The summed E-state index contributed by atoms with van der Waals surface area (Å²) in [7, 11) is 0. The Bertz CT molecular complexity index is 198. The Kier molecular flexibility index (Phi) is 11.5. The molecule has 0 atom stereocenters. The summed E-state index contributed by atoms with van der Waals surface area (Å²) in [5.74, 6) is -1.19. The lowest BCUT2D eigenvalue weighted by Crippen LogP contribution is -2.06. The summed E-state index contributed by atoms with van der Waals surface area (Å²) in [6, 6.07) is 0. The fraction of sp³-hybridized carbons (Fsp3) is 0.600. The predicted octanol–water partition coefficient (Wildman–Crippen LogP) is 1.23. The minimum Gasteiger partial charge on any atom is -0.478 e. The molecule has 1 N–H and O–H groups in total. The minimum absolute atomic E-state index is 0.176. The summed E-state index contributed by atoms with van der Waals surface area (Å²) >= 11 is 0. The normalized spacial score (nSPS) is 8.47. The van der Waals surface area contributed by atoms with Crippen LogP contribution in [0.3, 0.4) is 0 Å².